The first-order valence-electron chi connectivity index (χ1n) is 32.9. The van der Waals surface area contributed by atoms with E-state index in [0.717, 1.165) is 22.3 Å². The van der Waals surface area contributed by atoms with E-state index in [9.17, 15) is 38.7 Å². The molecule has 0 bridgehead atoms. The minimum absolute atomic E-state index is 0. The number of amides is 6. The number of aryl methyl sites for hydroxylation is 4. The molecule has 104 heavy (non-hydrogen) atoms. The number of anilines is 4. The molecule has 0 radical (unpaired) electrons. The van der Waals surface area contributed by atoms with E-state index in [1.807, 2.05) is 146 Å². The van der Waals surface area contributed by atoms with Crippen LogP contribution in [0.3, 0.4) is 0 Å². The Hall–Kier alpha value is -13.5. The van der Waals surface area contributed by atoms with Gasteiger partial charge in [0.15, 0.2) is 5.78 Å². The number of hydrogen-bond acceptors (Lipinski definition) is 17. The van der Waals surface area contributed by atoms with Crippen molar-refractivity contribution >= 4 is 64.0 Å². The molecule has 7 N–H and O–H groups in total. The number of rotatable bonds is 16. The second kappa shape index (κ2) is 35.5. The van der Waals surface area contributed by atoms with E-state index < -0.39 is 5.91 Å². The van der Waals surface area contributed by atoms with Gasteiger partial charge in [0.2, 0.25) is 5.91 Å². The third kappa shape index (κ3) is 19.7. The van der Waals surface area contributed by atoms with Crippen LogP contribution in [-0.2, 0) is 11.3 Å². The summed E-state index contributed by atoms with van der Waals surface area (Å²) in [6.07, 6.45) is 6.42. The maximum atomic E-state index is 12.8. The number of morpholine rings is 1. The number of ketones is 1. The molecule has 13 rings (SSSR count). The monoisotopic (exact) mass is 1400 g/mol. The zero-order chi connectivity index (χ0) is 73.5. The molecule has 0 unspecified atom stereocenters. The Labute approximate surface area is 614 Å². The van der Waals surface area contributed by atoms with Crippen LogP contribution in [0.25, 0.3) is 45.0 Å². The second-order valence-electron chi connectivity index (χ2n) is 23.4. The average molecular weight is 1410 g/mol. The molecule has 0 aliphatic carbocycles. The lowest BCUT2D eigenvalue weighted by Gasteiger charge is -2.27. The Morgan fingerprint density at radius 1 is 0.413 bits per heavy atom. The highest BCUT2D eigenvalue weighted by Crippen LogP contribution is 2.26. The van der Waals surface area contributed by atoms with Gasteiger partial charge in [0.25, 0.3) is 29.5 Å². The molecule has 1 aliphatic heterocycles. The molecular formula is C81H92N14O9. The predicted octanol–water partition coefficient (Wildman–Crippen LogP) is 15.5. The summed E-state index contributed by atoms with van der Waals surface area (Å²) in [5, 5.41) is 20.7. The molecule has 0 saturated carbocycles. The molecule has 540 valence electrons. The quantitative estimate of drug-likeness (QED) is 0.0490. The lowest BCUT2D eigenvalue weighted by molar-refractivity contribution is 0.0303. The number of ether oxygens (including phenoxy) is 1. The first-order valence-corrected chi connectivity index (χ1v) is 32.9. The van der Waals surface area contributed by atoms with Crippen molar-refractivity contribution in [1.29, 1.82) is 0 Å². The van der Waals surface area contributed by atoms with Gasteiger partial charge < -0.3 is 41.7 Å². The number of hydrogen-bond donors (Lipinski definition) is 6. The van der Waals surface area contributed by atoms with Crippen molar-refractivity contribution in [3.63, 3.8) is 0 Å². The molecular weight excluding hydrogens is 1310 g/mol. The number of aliphatic hydroxyl groups excluding tert-OH is 1. The number of nitrogens with two attached hydrogens (primary N) is 1. The maximum Gasteiger partial charge on any atom is 0.276 e. The van der Waals surface area contributed by atoms with E-state index >= 15 is 0 Å². The van der Waals surface area contributed by atoms with Gasteiger partial charge in [0.1, 0.15) is 22.8 Å². The van der Waals surface area contributed by atoms with E-state index in [0.29, 0.717) is 117 Å². The van der Waals surface area contributed by atoms with Crippen molar-refractivity contribution in [3.05, 3.63) is 311 Å². The second-order valence-corrected chi connectivity index (χ2v) is 23.4. The summed E-state index contributed by atoms with van der Waals surface area (Å²) < 4.78 is 5.32. The Balaban J connectivity index is 0.00000146. The number of aliphatic hydroxyl groups is 1. The fourth-order valence-corrected chi connectivity index (χ4v) is 10.4. The Morgan fingerprint density at radius 2 is 0.760 bits per heavy atom. The highest BCUT2D eigenvalue weighted by atomic mass is 16.5. The number of nitrogens with one attached hydrogen (secondary N) is 4. The predicted molar refractivity (Wildman–Crippen MR) is 419 cm³/mol. The van der Waals surface area contributed by atoms with Crippen molar-refractivity contribution < 1.29 is 57.7 Å². The molecule has 6 amide bonds. The van der Waals surface area contributed by atoms with Crippen LogP contribution in [0, 0.1) is 27.7 Å². The van der Waals surface area contributed by atoms with Crippen LogP contribution in [-0.4, -0.2) is 117 Å². The van der Waals surface area contributed by atoms with E-state index in [1.165, 1.54) is 6.92 Å². The zero-order valence-electron chi connectivity index (χ0n) is 57.4. The maximum absolute atomic E-state index is 12.8. The van der Waals surface area contributed by atoms with Gasteiger partial charge in [-0.15, -0.1) is 0 Å². The minimum Gasteiger partial charge on any atom is -0.392 e. The number of aromatic nitrogens is 8. The molecule has 12 aromatic rings. The van der Waals surface area contributed by atoms with E-state index in [-0.39, 0.29) is 79.0 Å². The smallest absolute Gasteiger partial charge is 0.276 e. The molecule has 0 spiro atoms. The van der Waals surface area contributed by atoms with Crippen LogP contribution in [0.2, 0.25) is 0 Å². The van der Waals surface area contributed by atoms with Gasteiger partial charge in [-0.2, -0.15) is 0 Å². The van der Waals surface area contributed by atoms with Crippen molar-refractivity contribution in [3.8, 4) is 45.0 Å². The van der Waals surface area contributed by atoms with Crippen LogP contribution in [0.4, 0.5) is 22.7 Å². The third-order valence-corrected chi connectivity index (χ3v) is 16.0. The van der Waals surface area contributed by atoms with Crippen LogP contribution in [0.15, 0.2) is 243 Å². The number of primary amides is 1. The summed E-state index contributed by atoms with van der Waals surface area (Å²) >= 11 is 0. The van der Waals surface area contributed by atoms with Crippen LogP contribution < -0.4 is 27.0 Å². The molecule has 4 aromatic heterocycles. The lowest BCUT2D eigenvalue weighted by atomic mass is 10.1. The molecule has 8 aromatic carbocycles. The average Bonchev–Trinajstić information content (AvgIpc) is 0.833. The van der Waals surface area contributed by atoms with Crippen molar-refractivity contribution in [2.45, 2.75) is 41.2 Å². The van der Waals surface area contributed by atoms with Gasteiger partial charge in [-0.25, -0.2) is 19.9 Å². The summed E-state index contributed by atoms with van der Waals surface area (Å²) in [5.74, 6) is -1.85. The summed E-state index contributed by atoms with van der Waals surface area (Å²) in [6.45, 7) is 10.6. The fourth-order valence-electron chi connectivity index (χ4n) is 10.4. The van der Waals surface area contributed by atoms with Crippen LogP contribution >= 0.6 is 0 Å². The molecule has 1 aliphatic rings. The minimum atomic E-state index is -0.524. The van der Waals surface area contributed by atoms with E-state index in [4.69, 9.17) is 10.5 Å². The highest BCUT2D eigenvalue weighted by molar-refractivity contribution is 6.06. The van der Waals surface area contributed by atoms with Crippen molar-refractivity contribution in [2.24, 2.45) is 5.73 Å². The zero-order valence-corrected chi connectivity index (χ0v) is 57.4. The summed E-state index contributed by atoms with van der Waals surface area (Å²) in [6, 6.07) is 65.2. The standard InChI is InChI=1S/C23H22N4O3.C20H17N3O2.C19H16N4O2.C19H17N3O2.10H2/c1-16-21(22(28)25-19-8-3-2-4-9-19)26-20(15-24-16)17-6-5-7-18(14-17)23(29)27-10-12-30-13-11-27;1-13-19(20(25)22-17-6-4-3-5-7-17)23-18(12-21-13)16-10-8-15(9-11-16)14(2)24;1-12-17(19(25)22-15-8-3-2-4-9-15)23-16(11-21-12)13-6-5-7-14(10-13)18(20)24;1-13-18(19(24)21-15-8-3-2-4-9-15)22-17(11-20-13)16-10-6-5-7-14(16)12-23;;;;;;;;;;/h2-9,14-15H,10-13H2,1H3,(H,25,28);3-12H,1-2H3,(H,22,25);2-11H,1H3,(H2,20,24)(H,22,25);2-11,23H,12H2,1H3,(H,21,24);10*1H. The fraction of sp³-hybridized carbons (Fsp3) is 0.123. The first-order chi connectivity index (χ1) is 50.4. The Bertz CT molecular complexity index is 5100. The molecule has 1 saturated heterocycles. The Morgan fingerprint density at radius 3 is 1.14 bits per heavy atom. The third-order valence-electron chi connectivity index (χ3n) is 16.0. The SMILES string of the molecule is CC(=O)c1ccc(-c2cnc(C)c(C(=O)Nc3ccccc3)n2)cc1.Cc1ncc(-c2cccc(C(=O)N3CCOCC3)c2)nc1C(=O)Nc1ccccc1.Cc1ncc(-c2cccc(C(N)=O)c2)nc1C(=O)Nc1ccccc1.Cc1ncc(-c2ccccc2CO)nc1C(=O)Nc1ccccc1.[HH].[HH].[HH].[HH].[HH].[HH].[HH].[HH].[HH].[HH]. The van der Waals surface area contributed by atoms with E-state index in [1.54, 1.807) is 130 Å². The lowest BCUT2D eigenvalue weighted by Crippen LogP contribution is -2.40. The van der Waals surface area contributed by atoms with Gasteiger partial charge in [0, 0.05) is 89.0 Å². The highest BCUT2D eigenvalue weighted by Gasteiger charge is 2.22. The van der Waals surface area contributed by atoms with Crippen molar-refractivity contribution in [1.82, 2.24) is 44.8 Å². The van der Waals surface area contributed by atoms with Crippen LogP contribution in [0.1, 0.15) is 123 Å². The topological polar surface area (TPSA) is 329 Å². The number of nitrogens with zero attached hydrogens (tertiary/aromatic N) is 9. The Kier molecular flexibility index (Phi) is 25.0. The number of carbonyl (C=O) groups excluding carboxylic acids is 7. The summed E-state index contributed by atoms with van der Waals surface area (Å²) in [7, 11) is 0. The summed E-state index contributed by atoms with van der Waals surface area (Å²) in [4.78, 5) is 123. The van der Waals surface area contributed by atoms with Gasteiger partial charge in [-0.3, -0.25) is 53.5 Å². The molecule has 0 atom stereocenters. The number of carbonyl (C=O) groups is 7. The van der Waals surface area contributed by atoms with Gasteiger partial charge >= 0.3 is 0 Å². The molecule has 23 heteroatoms. The van der Waals surface area contributed by atoms with Gasteiger partial charge in [-0.1, -0.05) is 146 Å². The number of Topliss-reactive ketones (excluding diaryl/α,β-unsaturated/α-hetero) is 1. The number of para-hydroxylation sites is 4. The number of benzene rings is 8. The van der Waals surface area contributed by atoms with Crippen LogP contribution in [0.5, 0.6) is 0 Å². The van der Waals surface area contributed by atoms with Crippen molar-refractivity contribution in [2.75, 3.05) is 47.6 Å². The van der Waals surface area contributed by atoms with Gasteiger partial charge in [0.05, 0.1) is 90.2 Å². The molecule has 5 heterocycles. The summed E-state index contributed by atoms with van der Waals surface area (Å²) in [5.41, 5.74) is 18.7. The van der Waals surface area contributed by atoms with Gasteiger partial charge in [-0.05, 0) is 113 Å². The molecule has 23 nitrogen and oxygen atoms in total. The normalized spacial score (nSPS) is 11.3. The van der Waals surface area contributed by atoms with E-state index in [2.05, 4.69) is 61.1 Å². The first kappa shape index (κ1) is 73.2. The molecule has 1 fully saturated rings. The largest absolute Gasteiger partial charge is 0.392 e.